The molecule has 2 rings (SSSR count). The number of benzene rings is 2. The zero-order valence-electron chi connectivity index (χ0n) is 12.9. The van der Waals surface area contributed by atoms with Crippen molar-refractivity contribution in [3.05, 3.63) is 58.1 Å². The van der Waals surface area contributed by atoms with Gasteiger partial charge >= 0.3 is 0 Å². The van der Waals surface area contributed by atoms with Crippen LogP contribution in [0.5, 0.6) is 0 Å². The lowest BCUT2D eigenvalue weighted by Crippen LogP contribution is -2.36. The van der Waals surface area contributed by atoms with Crippen LogP contribution in [0.4, 0.5) is 5.69 Å². The minimum atomic E-state index is -3.94. The summed E-state index contributed by atoms with van der Waals surface area (Å²) in [7, 11) is -0.596. The maximum atomic E-state index is 12.5. The van der Waals surface area contributed by atoms with Gasteiger partial charge in [-0.2, -0.15) is 0 Å². The highest BCUT2D eigenvalue weighted by atomic mass is 35.5. The van der Waals surface area contributed by atoms with E-state index in [1.165, 1.54) is 35.3 Å². The molecule has 0 aliphatic carbocycles. The predicted molar refractivity (Wildman–Crippen MR) is 94.9 cm³/mol. The third-order valence-corrected chi connectivity index (χ3v) is 4.98. The molecule has 0 bridgehead atoms. The molecule has 1 amide bonds. The molecular weight excluding hydrogens is 373 g/mol. The van der Waals surface area contributed by atoms with Crippen molar-refractivity contribution < 1.29 is 13.2 Å². The summed E-state index contributed by atoms with van der Waals surface area (Å²) in [4.78, 5) is 11.8. The van der Waals surface area contributed by atoms with Crippen molar-refractivity contribution in [2.75, 3.05) is 18.8 Å². The van der Waals surface area contributed by atoms with Gasteiger partial charge in [-0.05, 0) is 36.4 Å². The van der Waals surface area contributed by atoms with Crippen LogP contribution in [0.2, 0.25) is 10.0 Å². The third kappa shape index (κ3) is 4.61. The summed E-state index contributed by atoms with van der Waals surface area (Å²) in [6.45, 7) is 0. The normalized spacial score (nSPS) is 11.4. The number of hydrazine groups is 1. The number of hydrogen-bond donors (Lipinski definition) is 2. The van der Waals surface area contributed by atoms with E-state index in [0.29, 0.717) is 5.56 Å². The molecule has 6 nitrogen and oxygen atoms in total. The van der Waals surface area contributed by atoms with Gasteiger partial charge in [0, 0.05) is 30.4 Å². The molecule has 0 fully saturated rings. The van der Waals surface area contributed by atoms with Crippen LogP contribution in [0.1, 0.15) is 10.4 Å². The molecule has 0 radical (unpaired) electrons. The molecule has 24 heavy (non-hydrogen) atoms. The highest BCUT2D eigenvalue weighted by molar-refractivity contribution is 7.92. The fourth-order valence-corrected chi connectivity index (χ4v) is 3.70. The van der Waals surface area contributed by atoms with Gasteiger partial charge in [0.15, 0.2) is 0 Å². The number of carbonyl (C=O) groups is 1. The molecule has 0 atom stereocenters. The standard InChI is InChI=1S/C15H15Cl2N3O3S/c1-20(2)18-15(21)10-4-3-5-12(8-10)19-24(22,23)14-9-11(16)6-7-13(14)17/h3-9,19H,1-2H3,(H,18,21). The van der Waals surface area contributed by atoms with Gasteiger partial charge in [0.05, 0.1) is 5.02 Å². The minimum Gasteiger partial charge on any atom is -0.285 e. The summed E-state index contributed by atoms with van der Waals surface area (Å²) in [6, 6.07) is 10.3. The van der Waals surface area contributed by atoms with Crippen LogP contribution in [0, 0.1) is 0 Å². The van der Waals surface area contributed by atoms with Crippen molar-refractivity contribution in [1.82, 2.24) is 10.4 Å². The van der Waals surface area contributed by atoms with E-state index in [1.54, 1.807) is 26.2 Å². The number of nitrogens with one attached hydrogen (secondary N) is 2. The minimum absolute atomic E-state index is 0.0494. The average Bonchev–Trinajstić information content (AvgIpc) is 2.48. The van der Waals surface area contributed by atoms with Gasteiger partial charge < -0.3 is 0 Å². The van der Waals surface area contributed by atoms with E-state index in [1.807, 2.05) is 0 Å². The molecule has 0 heterocycles. The van der Waals surface area contributed by atoms with Gasteiger partial charge in [0.2, 0.25) is 0 Å². The fraction of sp³-hybridized carbons (Fsp3) is 0.133. The Morgan fingerprint density at radius 2 is 1.79 bits per heavy atom. The van der Waals surface area contributed by atoms with Gasteiger partial charge in [-0.3, -0.25) is 14.9 Å². The maximum Gasteiger partial charge on any atom is 0.265 e. The second-order valence-corrected chi connectivity index (χ2v) is 7.59. The predicted octanol–water partition coefficient (Wildman–Crippen LogP) is 3.00. The number of hydrogen-bond acceptors (Lipinski definition) is 4. The second kappa shape index (κ2) is 7.40. The Kier molecular flexibility index (Phi) is 5.71. The van der Waals surface area contributed by atoms with Crippen LogP contribution in [0.3, 0.4) is 0 Å². The Labute approximate surface area is 150 Å². The number of anilines is 1. The molecule has 0 unspecified atom stereocenters. The molecular formula is C15H15Cl2N3O3S. The van der Waals surface area contributed by atoms with E-state index < -0.39 is 10.0 Å². The molecule has 0 aliphatic rings. The maximum absolute atomic E-state index is 12.5. The van der Waals surface area contributed by atoms with E-state index in [0.717, 1.165) is 0 Å². The first-order chi connectivity index (χ1) is 11.2. The Balaban J connectivity index is 2.30. The fourth-order valence-electron chi connectivity index (χ4n) is 1.88. The Bertz CT molecular complexity index is 870. The van der Waals surface area contributed by atoms with Crippen molar-refractivity contribution in [3.63, 3.8) is 0 Å². The zero-order chi connectivity index (χ0) is 17.9. The molecule has 0 saturated heterocycles. The zero-order valence-corrected chi connectivity index (χ0v) is 15.2. The van der Waals surface area contributed by atoms with Crippen molar-refractivity contribution in [2.45, 2.75) is 4.90 Å². The monoisotopic (exact) mass is 387 g/mol. The van der Waals surface area contributed by atoms with Crippen LogP contribution >= 0.6 is 23.2 Å². The first-order valence-corrected chi connectivity index (χ1v) is 8.99. The lowest BCUT2D eigenvalue weighted by molar-refractivity contribution is 0.0857. The van der Waals surface area contributed by atoms with Crippen LogP contribution in [-0.2, 0) is 10.0 Å². The number of carbonyl (C=O) groups excluding carboxylic acids is 1. The van der Waals surface area contributed by atoms with Crippen LogP contribution in [-0.4, -0.2) is 33.4 Å². The van der Waals surface area contributed by atoms with Crippen molar-refractivity contribution in [2.24, 2.45) is 0 Å². The molecule has 0 spiro atoms. The van der Waals surface area contributed by atoms with E-state index in [4.69, 9.17) is 23.2 Å². The molecule has 2 aromatic carbocycles. The van der Waals surface area contributed by atoms with Gasteiger partial charge in [-0.15, -0.1) is 0 Å². The Morgan fingerprint density at radius 3 is 2.46 bits per heavy atom. The summed E-state index contributed by atoms with van der Waals surface area (Å²) < 4.78 is 27.3. The highest BCUT2D eigenvalue weighted by Gasteiger charge is 2.19. The summed E-state index contributed by atoms with van der Waals surface area (Å²) in [5, 5.41) is 1.79. The lowest BCUT2D eigenvalue weighted by Gasteiger charge is -2.13. The first-order valence-electron chi connectivity index (χ1n) is 6.75. The largest absolute Gasteiger partial charge is 0.285 e. The topological polar surface area (TPSA) is 78.5 Å². The van der Waals surface area contributed by atoms with Crippen LogP contribution in [0.15, 0.2) is 47.4 Å². The van der Waals surface area contributed by atoms with Crippen molar-refractivity contribution in [1.29, 1.82) is 0 Å². The van der Waals surface area contributed by atoms with E-state index in [2.05, 4.69) is 10.1 Å². The quantitative estimate of drug-likeness (QED) is 0.772. The number of halogens is 2. The first kappa shape index (κ1) is 18.5. The molecule has 0 saturated carbocycles. The summed E-state index contributed by atoms with van der Waals surface area (Å²) in [6.07, 6.45) is 0. The summed E-state index contributed by atoms with van der Waals surface area (Å²) >= 11 is 11.8. The summed E-state index contributed by atoms with van der Waals surface area (Å²) in [5.41, 5.74) is 3.12. The van der Waals surface area contributed by atoms with Gasteiger partial charge in [0.1, 0.15) is 4.90 Å². The Morgan fingerprint density at radius 1 is 1.08 bits per heavy atom. The average molecular weight is 388 g/mol. The van der Waals surface area contributed by atoms with E-state index in [9.17, 15) is 13.2 Å². The number of amides is 1. The molecule has 0 aliphatic heterocycles. The number of sulfonamides is 1. The molecule has 0 aromatic heterocycles. The Hall–Kier alpha value is -1.80. The van der Waals surface area contributed by atoms with E-state index in [-0.39, 0.29) is 26.5 Å². The number of rotatable bonds is 5. The van der Waals surface area contributed by atoms with Crippen LogP contribution < -0.4 is 10.1 Å². The molecule has 2 aromatic rings. The SMILES string of the molecule is CN(C)NC(=O)c1cccc(NS(=O)(=O)c2cc(Cl)ccc2Cl)c1. The second-order valence-electron chi connectivity index (χ2n) is 5.10. The van der Waals surface area contributed by atoms with E-state index >= 15 is 0 Å². The molecule has 128 valence electrons. The molecule has 9 heteroatoms. The molecule has 2 N–H and O–H groups in total. The number of nitrogens with zero attached hydrogens (tertiary/aromatic N) is 1. The van der Waals surface area contributed by atoms with Crippen molar-refractivity contribution >= 4 is 44.8 Å². The lowest BCUT2D eigenvalue weighted by atomic mass is 10.2. The van der Waals surface area contributed by atoms with Gasteiger partial charge in [0.25, 0.3) is 15.9 Å². The summed E-state index contributed by atoms with van der Waals surface area (Å²) in [5.74, 6) is -0.359. The third-order valence-electron chi connectivity index (χ3n) is 2.88. The smallest absolute Gasteiger partial charge is 0.265 e. The van der Waals surface area contributed by atoms with Crippen molar-refractivity contribution in [3.8, 4) is 0 Å². The van der Waals surface area contributed by atoms with Gasteiger partial charge in [-0.25, -0.2) is 13.4 Å². The highest BCUT2D eigenvalue weighted by Crippen LogP contribution is 2.27. The van der Waals surface area contributed by atoms with Gasteiger partial charge in [-0.1, -0.05) is 29.3 Å². The van der Waals surface area contributed by atoms with Crippen LogP contribution in [0.25, 0.3) is 0 Å².